The van der Waals surface area contributed by atoms with Crippen LogP contribution in [-0.2, 0) is 4.79 Å². The van der Waals surface area contributed by atoms with Gasteiger partial charge in [-0.2, -0.15) is 13.2 Å². The molecule has 0 aromatic carbocycles. The summed E-state index contributed by atoms with van der Waals surface area (Å²) in [7, 11) is 0. The molecule has 0 aliphatic heterocycles. The van der Waals surface area contributed by atoms with E-state index in [0.717, 1.165) is 6.92 Å². The van der Waals surface area contributed by atoms with E-state index in [9.17, 15) is 18.0 Å². The maximum Gasteiger partial charge on any atom is 0.401 e. The number of rotatable bonds is 0. The zero-order valence-electron chi connectivity index (χ0n) is 6.87. The van der Waals surface area contributed by atoms with Gasteiger partial charge in [-0.3, -0.25) is 4.79 Å². The fraction of sp³-hybridized carbons (Fsp3) is 0.875. The van der Waals surface area contributed by atoms with E-state index < -0.39 is 17.4 Å². The molecule has 1 unspecified atom stereocenters. The number of carbonyl (C=O) groups excluding carboxylic acids is 1. The summed E-state index contributed by atoms with van der Waals surface area (Å²) in [5.74, 6) is -0.652. The van der Waals surface area contributed by atoms with Crippen LogP contribution in [0.5, 0.6) is 0 Å². The van der Waals surface area contributed by atoms with Gasteiger partial charge in [0, 0.05) is 6.42 Å². The van der Waals surface area contributed by atoms with Crippen LogP contribution in [0.1, 0.15) is 32.6 Å². The van der Waals surface area contributed by atoms with E-state index in [-0.39, 0.29) is 12.8 Å². The normalized spacial score (nSPS) is 32.2. The number of halogens is 3. The van der Waals surface area contributed by atoms with Crippen molar-refractivity contribution in [3.63, 3.8) is 0 Å². The molecule has 4 heteroatoms. The molecule has 1 aliphatic carbocycles. The first kappa shape index (κ1) is 9.55. The second kappa shape index (κ2) is 2.75. The average molecular weight is 180 g/mol. The minimum absolute atomic E-state index is 0.0463. The lowest BCUT2D eigenvalue weighted by Gasteiger charge is -2.33. The summed E-state index contributed by atoms with van der Waals surface area (Å²) in [5.41, 5.74) is -2.06. The number of Topliss-reactive ketones (excluding diaryl/α,β-unsaturated/α-hetero) is 1. The van der Waals surface area contributed by atoms with Crippen molar-refractivity contribution in [2.75, 3.05) is 0 Å². The Morgan fingerprint density at radius 3 is 2.25 bits per heavy atom. The highest BCUT2D eigenvalue weighted by Gasteiger charge is 2.56. The van der Waals surface area contributed by atoms with Crippen LogP contribution >= 0.6 is 0 Å². The Balaban J connectivity index is 2.87. The van der Waals surface area contributed by atoms with E-state index in [4.69, 9.17) is 0 Å². The highest BCUT2D eigenvalue weighted by molar-refractivity contribution is 5.85. The highest BCUT2D eigenvalue weighted by atomic mass is 19.4. The van der Waals surface area contributed by atoms with E-state index in [0.29, 0.717) is 12.8 Å². The van der Waals surface area contributed by atoms with Crippen LogP contribution in [0.25, 0.3) is 0 Å². The lowest BCUT2D eigenvalue weighted by Crippen LogP contribution is -2.44. The smallest absolute Gasteiger partial charge is 0.299 e. The first-order valence-corrected chi connectivity index (χ1v) is 3.98. The van der Waals surface area contributed by atoms with Gasteiger partial charge < -0.3 is 0 Å². The first-order valence-electron chi connectivity index (χ1n) is 3.98. The Labute approximate surface area is 68.9 Å². The van der Waals surface area contributed by atoms with E-state index in [1.54, 1.807) is 0 Å². The van der Waals surface area contributed by atoms with Crippen molar-refractivity contribution in [1.29, 1.82) is 0 Å². The van der Waals surface area contributed by atoms with E-state index in [1.165, 1.54) is 0 Å². The molecule has 1 rings (SSSR count). The Bertz CT molecular complexity index is 197. The van der Waals surface area contributed by atoms with Crippen molar-refractivity contribution < 1.29 is 18.0 Å². The standard InChI is InChI=1S/C8H11F3O/c1-7(8(9,10)11)5-3-2-4-6(7)12/h2-5H2,1H3. The summed E-state index contributed by atoms with van der Waals surface area (Å²) < 4.78 is 37.1. The van der Waals surface area contributed by atoms with Crippen molar-refractivity contribution in [2.24, 2.45) is 5.41 Å². The summed E-state index contributed by atoms with van der Waals surface area (Å²) in [4.78, 5) is 11.0. The van der Waals surface area contributed by atoms with Gasteiger partial charge in [-0.1, -0.05) is 6.42 Å². The van der Waals surface area contributed by atoms with Crippen LogP contribution in [0.15, 0.2) is 0 Å². The zero-order valence-corrected chi connectivity index (χ0v) is 6.87. The average Bonchev–Trinajstić information content (AvgIpc) is 1.93. The third-order valence-corrected chi connectivity index (χ3v) is 2.57. The number of alkyl halides is 3. The molecular weight excluding hydrogens is 169 g/mol. The second-order valence-electron chi connectivity index (χ2n) is 3.46. The third kappa shape index (κ3) is 1.34. The van der Waals surface area contributed by atoms with Crippen LogP contribution in [0.2, 0.25) is 0 Å². The van der Waals surface area contributed by atoms with Crippen molar-refractivity contribution in [3.8, 4) is 0 Å². The maximum atomic E-state index is 12.4. The van der Waals surface area contributed by atoms with Gasteiger partial charge in [0.25, 0.3) is 0 Å². The van der Waals surface area contributed by atoms with Gasteiger partial charge in [0.15, 0.2) is 0 Å². The molecule has 1 nitrogen and oxygen atoms in total. The SMILES string of the molecule is CC1(C(F)(F)F)CCCCC1=O. The Kier molecular flexibility index (Phi) is 2.19. The molecule has 0 N–H and O–H groups in total. The zero-order chi connectivity index (χ0) is 9.41. The van der Waals surface area contributed by atoms with Crippen molar-refractivity contribution in [1.82, 2.24) is 0 Å². The first-order chi connectivity index (χ1) is 5.38. The maximum absolute atomic E-state index is 12.4. The minimum Gasteiger partial charge on any atom is -0.299 e. The van der Waals surface area contributed by atoms with Gasteiger partial charge in [-0.05, 0) is 19.8 Å². The fourth-order valence-electron chi connectivity index (χ4n) is 1.48. The molecule has 1 saturated carbocycles. The molecule has 0 aromatic rings. The summed E-state index contributed by atoms with van der Waals surface area (Å²) >= 11 is 0. The largest absolute Gasteiger partial charge is 0.401 e. The molecular formula is C8H11F3O. The molecule has 0 saturated heterocycles. The van der Waals surface area contributed by atoms with Gasteiger partial charge in [0.1, 0.15) is 11.2 Å². The van der Waals surface area contributed by atoms with Crippen molar-refractivity contribution >= 4 is 5.78 Å². The minimum atomic E-state index is -4.37. The molecule has 1 aliphatic rings. The summed E-state index contributed by atoms with van der Waals surface area (Å²) in [6.45, 7) is 1.01. The van der Waals surface area contributed by atoms with Crippen LogP contribution in [0, 0.1) is 5.41 Å². The van der Waals surface area contributed by atoms with Gasteiger partial charge in [0.05, 0.1) is 0 Å². The molecule has 70 valence electrons. The monoisotopic (exact) mass is 180 g/mol. The number of hydrogen-bond donors (Lipinski definition) is 0. The lowest BCUT2D eigenvalue weighted by atomic mass is 9.74. The van der Waals surface area contributed by atoms with Crippen molar-refractivity contribution in [3.05, 3.63) is 0 Å². The molecule has 1 fully saturated rings. The Hall–Kier alpha value is -0.540. The molecule has 0 heterocycles. The predicted octanol–water partition coefficient (Wildman–Crippen LogP) is 2.70. The second-order valence-corrected chi connectivity index (χ2v) is 3.46. The van der Waals surface area contributed by atoms with Crippen LogP contribution in [0.4, 0.5) is 13.2 Å². The highest BCUT2D eigenvalue weighted by Crippen LogP contribution is 2.46. The Morgan fingerprint density at radius 1 is 1.33 bits per heavy atom. The van der Waals surface area contributed by atoms with Gasteiger partial charge in [-0.15, -0.1) is 0 Å². The number of carbonyl (C=O) groups is 1. The molecule has 0 bridgehead atoms. The fourth-order valence-corrected chi connectivity index (χ4v) is 1.48. The number of hydrogen-bond acceptors (Lipinski definition) is 1. The van der Waals surface area contributed by atoms with Crippen LogP contribution in [-0.4, -0.2) is 12.0 Å². The molecule has 0 aromatic heterocycles. The molecule has 0 radical (unpaired) electrons. The van der Waals surface area contributed by atoms with Gasteiger partial charge >= 0.3 is 6.18 Å². The summed E-state index contributed by atoms with van der Waals surface area (Å²) in [5, 5.41) is 0. The van der Waals surface area contributed by atoms with E-state index in [1.807, 2.05) is 0 Å². The van der Waals surface area contributed by atoms with Crippen LogP contribution in [0.3, 0.4) is 0 Å². The van der Waals surface area contributed by atoms with Crippen molar-refractivity contribution in [2.45, 2.75) is 38.8 Å². The molecule has 0 amide bonds. The summed E-state index contributed by atoms with van der Waals surface area (Å²) in [6, 6.07) is 0. The molecule has 12 heavy (non-hydrogen) atoms. The quantitative estimate of drug-likeness (QED) is 0.560. The number of ketones is 1. The molecule has 0 spiro atoms. The summed E-state index contributed by atoms with van der Waals surface area (Å²) in [6.07, 6.45) is -3.23. The Morgan fingerprint density at radius 2 is 1.92 bits per heavy atom. The van der Waals surface area contributed by atoms with Gasteiger partial charge in [0.2, 0.25) is 0 Å². The van der Waals surface area contributed by atoms with Gasteiger partial charge in [-0.25, -0.2) is 0 Å². The van der Waals surface area contributed by atoms with Crippen LogP contribution < -0.4 is 0 Å². The van der Waals surface area contributed by atoms with E-state index >= 15 is 0 Å². The topological polar surface area (TPSA) is 17.1 Å². The molecule has 1 atom stereocenters. The third-order valence-electron chi connectivity index (χ3n) is 2.57. The predicted molar refractivity (Wildman–Crippen MR) is 37.6 cm³/mol. The van der Waals surface area contributed by atoms with E-state index in [2.05, 4.69) is 0 Å². The lowest BCUT2D eigenvalue weighted by molar-refractivity contribution is -0.220.